The molecular weight excluding hydrogens is 402 g/mol. The summed E-state index contributed by atoms with van der Waals surface area (Å²) < 4.78 is 2.59. The Morgan fingerprint density at radius 3 is 2.60 bits per heavy atom. The minimum atomic E-state index is -0.375. The minimum Gasteiger partial charge on any atom is -0.324 e. The number of nitrogens with one attached hydrogen (secondary N) is 1. The third-order valence-electron chi connectivity index (χ3n) is 5.17. The molecule has 0 radical (unpaired) electrons. The Morgan fingerprint density at radius 1 is 1.17 bits per heavy atom. The second-order valence-corrected chi connectivity index (χ2v) is 8.71. The van der Waals surface area contributed by atoms with Crippen molar-refractivity contribution in [2.45, 2.75) is 55.8 Å². The normalized spacial score (nSPS) is 14.7. The van der Waals surface area contributed by atoms with Crippen LogP contribution in [-0.4, -0.2) is 36.1 Å². The Hall–Kier alpha value is -2.94. The molecule has 0 unspecified atom stereocenters. The number of rotatable bonds is 6. The highest BCUT2D eigenvalue weighted by molar-refractivity contribution is 8.00. The molecule has 1 fully saturated rings. The van der Waals surface area contributed by atoms with E-state index in [2.05, 4.69) is 15.4 Å². The summed E-state index contributed by atoms with van der Waals surface area (Å²) in [6.07, 6.45) is 9.17. The van der Waals surface area contributed by atoms with Gasteiger partial charge in [-0.25, -0.2) is 18.9 Å². The third-order valence-corrected chi connectivity index (χ3v) is 6.48. The largest absolute Gasteiger partial charge is 0.350 e. The summed E-state index contributed by atoms with van der Waals surface area (Å²) in [7, 11) is 0. The topological polar surface area (TPSA) is 98.4 Å². The molecule has 1 aliphatic rings. The molecule has 9 heteroatoms. The van der Waals surface area contributed by atoms with Crippen molar-refractivity contribution >= 4 is 34.8 Å². The van der Waals surface area contributed by atoms with Crippen LogP contribution in [0.1, 0.15) is 49.4 Å². The smallest absolute Gasteiger partial charge is 0.324 e. The Morgan fingerprint density at radius 2 is 1.90 bits per heavy atom. The van der Waals surface area contributed by atoms with Crippen LogP contribution in [0, 0.1) is 0 Å². The van der Waals surface area contributed by atoms with Gasteiger partial charge in [0.05, 0.1) is 0 Å². The van der Waals surface area contributed by atoms with Gasteiger partial charge < -0.3 is 5.32 Å². The molecule has 1 aliphatic carbocycles. The van der Waals surface area contributed by atoms with Crippen molar-refractivity contribution in [1.82, 2.24) is 19.2 Å². The van der Waals surface area contributed by atoms with Crippen molar-refractivity contribution in [3.05, 3.63) is 52.7 Å². The SMILES string of the molecule is CC(=O)c1ccc(NC(=O)Cn2nc3c(SC4CCCCC4)nccn3c2=O)cc1. The van der Waals surface area contributed by atoms with Gasteiger partial charge in [0.25, 0.3) is 0 Å². The molecule has 30 heavy (non-hydrogen) atoms. The minimum absolute atomic E-state index is 0.0420. The highest BCUT2D eigenvalue weighted by atomic mass is 32.2. The van der Waals surface area contributed by atoms with Crippen molar-refractivity contribution in [1.29, 1.82) is 0 Å². The number of fused-ring (bicyclic) bond motifs is 1. The lowest BCUT2D eigenvalue weighted by atomic mass is 10.0. The molecule has 3 aromatic rings. The van der Waals surface area contributed by atoms with Crippen molar-refractivity contribution in [3.63, 3.8) is 0 Å². The van der Waals surface area contributed by atoms with Crippen molar-refractivity contribution in [2.75, 3.05) is 5.32 Å². The summed E-state index contributed by atoms with van der Waals surface area (Å²) in [5, 5.41) is 8.31. The van der Waals surface area contributed by atoms with E-state index in [1.807, 2.05) is 0 Å². The van der Waals surface area contributed by atoms with Crippen molar-refractivity contribution in [3.8, 4) is 0 Å². The highest BCUT2D eigenvalue weighted by Crippen LogP contribution is 2.33. The van der Waals surface area contributed by atoms with Crippen LogP contribution < -0.4 is 11.0 Å². The molecule has 4 rings (SSSR count). The van der Waals surface area contributed by atoms with Gasteiger partial charge in [-0.2, -0.15) is 0 Å². The van der Waals surface area contributed by atoms with Crippen LogP contribution in [0.25, 0.3) is 5.65 Å². The molecule has 2 aromatic heterocycles. The molecule has 156 valence electrons. The number of hydrogen-bond donors (Lipinski definition) is 1. The maximum absolute atomic E-state index is 12.7. The van der Waals surface area contributed by atoms with Crippen molar-refractivity contribution in [2.24, 2.45) is 0 Å². The Kier molecular flexibility index (Phi) is 5.98. The van der Waals surface area contributed by atoms with Gasteiger partial charge in [0.15, 0.2) is 11.4 Å². The van der Waals surface area contributed by atoms with Gasteiger partial charge >= 0.3 is 5.69 Å². The molecular formula is C21H23N5O3S. The average Bonchev–Trinajstić information content (AvgIpc) is 3.06. The van der Waals surface area contributed by atoms with E-state index in [0.717, 1.165) is 22.5 Å². The Balaban J connectivity index is 1.50. The summed E-state index contributed by atoms with van der Waals surface area (Å²) in [6.45, 7) is 1.28. The number of aromatic nitrogens is 4. The lowest BCUT2D eigenvalue weighted by molar-refractivity contribution is -0.117. The third kappa shape index (κ3) is 4.46. The first-order chi connectivity index (χ1) is 14.5. The predicted molar refractivity (Wildman–Crippen MR) is 115 cm³/mol. The number of ketones is 1. The number of carbonyl (C=O) groups excluding carboxylic acids is 2. The molecule has 0 spiro atoms. The molecule has 0 atom stereocenters. The van der Waals surface area contributed by atoms with Crippen molar-refractivity contribution < 1.29 is 9.59 Å². The molecule has 0 bridgehead atoms. The van der Waals surface area contributed by atoms with Gasteiger partial charge in [-0.05, 0) is 44.0 Å². The first-order valence-electron chi connectivity index (χ1n) is 10.0. The van der Waals surface area contributed by atoms with E-state index in [1.54, 1.807) is 48.4 Å². The first-order valence-corrected chi connectivity index (χ1v) is 10.9. The number of anilines is 1. The molecule has 1 amide bonds. The van der Waals surface area contributed by atoms with Crippen LogP contribution in [0.15, 0.2) is 46.5 Å². The Bertz CT molecular complexity index is 1130. The Labute approximate surface area is 177 Å². The molecule has 1 saturated carbocycles. The molecule has 1 N–H and O–H groups in total. The van der Waals surface area contributed by atoms with Crippen LogP contribution in [0.3, 0.4) is 0 Å². The van der Waals surface area contributed by atoms with Crippen LogP contribution in [0.2, 0.25) is 0 Å². The zero-order valence-electron chi connectivity index (χ0n) is 16.7. The van der Waals surface area contributed by atoms with Crippen LogP contribution in [0.5, 0.6) is 0 Å². The van der Waals surface area contributed by atoms with E-state index in [9.17, 15) is 14.4 Å². The number of benzene rings is 1. The fraction of sp³-hybridized carbons (Fsp3) is 0.381. The summed E-state index contributed by atoms with van der Waals surface area (Å²) in [4.78, 5) is 40.9. The summed E-state index contributed by atoms with van der Waals surface area (Å²) in [5.41, 5.74) is 1.23. The highest BCUT2D eigenvalue weighted by Gasteiger charge is 2.20. The number of thioether (sulfide) groups is 1. The molecule has 0 saturated heterocycles. The van der Waals surface area contributed by atoms with Gasteiger partial charge in [0, 0.05) is 28.9 Å². The van der Waals surface area contributed by atoms with E-state index in [-0.39, 0.29) is 23.9 Å². The number of carbonyl (C=O) groups is 2. The van der Waals surface area contributed by atoms with Gasteiger partial charge in [-0.1, -0.05) is 31.0 Å². The van der Waals surface area contributed by atoms with Crippen LogP contribution in [-0.2, 0) is 11.3 Å². The fourth-order valence-electron chi connectivity index (χ4n) is 3.58. The second kappa shape index (κ2) is 8.83. The molecule has 2 heterocycles. The number of Topliss-reactive ketones (excluding diaryl/α,β-unsaturated/α-hetero) is 1. The molecule has 0 aliphatic heterocycles. The van der Waals surface area contributed by atoms with Crippen LogP contribution >= 0.6 is 11.8 Å². The van der Waals surface area contributed by atoms with E-state index in [0.29, 0.717) is 22.1 Å². The maximum atomic E-state index is 12.7. The second-order valence-electron chi connectivity index (χ2n) is 7.43. The number of amides is 1. The number of hydrogen-bond acceptors (Lipinski definition) is 6. The zero-order chi connectivity index (χ0) is 21.1. The zero-order valence-corrected chi connectivity index (χ0v) is 17.5. The predicted octanol–water partition coefficient (Wildman–Crippen LogP) is 3.16. The molecule has 8 nitrogen and oxygen atoms in total. The fourth-order valence-corrected chi connectivity index (χ4v) is 4.83. The quantitative estimate of drug-likeness (QED) is 0.609. The van der Waals surface area contributed by atoms with E-state index in [4.69, 9.17) is 0 Å². The summed E-state index contributed by atoms with van der Waals surface area (Å²) >= 11 is 1.67. The van der Waals surface area contributed by atoms with E-state index >= 15 is 0 Å². The van der Waals surface area contributed by atoms with E-state index in [1.165, 1.54) is 30.6 Å². The van der Waals surface area contributed by atoms with E-state index < -0.39 is 0 Å². The van der Waals surface area contributed by atoms with Gasteiger partial charge in [-0.15, -0.1) is 5.10 Å². The number of nitrogens with zero attached hydrogens (tertiary/aromatic N) is 4. The maximum Gasteiger partial charge on any atom is 0.350 e. The molecule has 1 aromatic carbocycles. The van der Waals surface area contributed by atoms with Gasteiger partial charge in [0.2, 0.25) is 5.91 Å². The standard InChI is InChI=1S/C21H23N5O3S/c1-14(27)15-7-9-16(10-8-15)23-18(28)13-26-21(29)25-12-11-22-20(19(25)24-26)30-17-5-3-2-4-6-17/h7-12,17H,2-6,13H2,1H3,(H,23,28). The monoisotopic (exact) mass is 425 g/mol. The van der Waals surface area contributed by atoms with Gasteiger partial charge in [0.1, 0.15) is 11.6 Å². The lowest BCUT2D eigenvalue weighted by Crippen LogP contribution is -2.28. The first kappa shape index (κ1) is 20.3. The van der Waals surface area contributed by atoms with Gasteiger partial charge in [-0.3, -0.25) is 9.59 Å². The summed E-state index contributed by atoms with van der Waals surface area (Å²) in [5.74, 6) is -0.412. The lowest BCUT2D eigenvalue weighted by Gasteiger charge is -2.20. The summed E-state index contributed by atoms with van der Waals surface area (Å²) in [6, 6.07) is 6.61. The van der Waals surface area contributed by atoms with Crippen LogP contribution in [0.4, 0.5) is 5.69 Å². The average molecular weight is 426 g/mol.